The van der Waals surface area contributed by atoms with Crippen LogP contribution in [0.15, 0.2) is 54.7 Å². The maximum atomic E-state index is 12.8. The summed E-state index contributed by atoms with van der Waals surface area (Å²) in [6.45, 7) is 0.498. The molecule has 1 aliphatic rings. The van der Waals surface area contributed by atoms with Gasteiger partial charge >= 0.3 is 0 Å². The fourth-order valence-corrected chi connectivity index (χ4v) is 4.22. The highest BCUT2D eigenvalue weighted by molar-refractivity contribution is 7.71. The lowest BCUT2D eigenvalue weighted by molar-refractivity contribution is -0.121. The van der Waals surface area contributed by atoms with E-state index in [-0.39, 0.29) is 23.0 Å². The van der Waals surface area contributed by atoms with Crippen LogP contribution in [0.2, 0.25) is 0 Å². The third-order valence-corrected chi connectivity index (χ3v) is 5.67. The lowest BCUT2D eigenvalue weighted by Gasteiger charge is -2.09. The lowest BCUT2D eigenvalue weighted by Crippen LogP contribution is -2.34. The van der Waals surface area contributed by atoms with Crippen LogP contribution in [0, 0.1) is 4.77 Å². The van der Waals surface area contributed by atoms with Crippen molar-refractivity contribution in [1.29, 1.82) is 0 Å². The largest absolute Gasteiger partial charge is 0.361 e. The van der Waals surface area contributed by atoms with Gasteiger partial charge in [0.2, 0.25) is 10.7 Å². The Morgan fingerprint density at radius 1 is 1.13 bits per heavy atom. The molecule has 1 aliphatic heterocycles. The van der Waals surface area contributed by atoms with Crippen molar-refractivity contribution < 1.29 is 9.59 Å². The number of amides is 1. The van der Waals surface area contributed by atoms with E-state index in [0.29, 0.717) is 18.8 Å². The van der Waals surface area contributed by atoms with Crippen molar-refractivity contribution in [2.24, 2.45) is 0 Å². The van der Waals surface area contributed by atoms with Crippen molar-refractivity contribution in [2.45, 2.75) is 18.9 Å². The van der Waals surface area contributed by atoms with E-state index in [2.05, 4.69) is 26.7 Å². The predicted octanol–water partition coefficient (Wildman–Crippen LogP) is 3.43. The van der Waals surface area contributed by atoms with Crippen molar-refractivity contribution in [3.05, 3.63) is 65.1 Å². The number of para-hydroxylation sites is 2. The number of carbonyl (C=O) groups excluding carboxylic acids is 2. The molecule has 7 nitrogen and oxygen atoms in total. The first-order valence-electron chi connectivity index (χ1n) is 9.76. The third-order valence-electron chi connectivity index (χ3n) is 5.40. The Hall–Kier alpha value is -3.52. The summed E-state index contributed by atoms with van der Waals surface area (Å²) < 4.78 is 1.59. The topological polar surface area (TPSA) is 91.8 Å². The molecule has 1 unspecified atom stereocenters. The van der Waals surface area contributed by atoms with Crippen LogP contribution in [0.4, 0.5) is 5.82 Å². The Bertz CT molecular complexity index is 1360. The van der Waals surface area contributed by atoms with Gasteiger partial charge in [-0.15, -0.1) is 0 Å². The molecule has 1 amide bonds. The number of carbonyl (C=O) groups is 2. The van der Waals surface area contributed by atoms with Crippen LogP contribution in [-0.4, -0.2) is 38.9 Å². The number of hydrogen-bond donors (Lipinski definition) is 3. The molecule has 2 aromatic carbocycles. The average Bonchev–Trinajstić information content (AvgIpc) is 3.30. The van der Waals surface area contributed by atoms with E-state index in [1.54, 1.807) is 0 Å². The molecule has 0 spiro atoms. The van der Waals surface area contributed by atoms with Crippen molar-refractivity contribution in [3.63, 3.8) is 0 Å². The smallest absolute Gasteiger partial charge is 0.257 e. The maximum absolute atomic E-state index is 12.8. The number of aromatic amines is 1. The van der Waals surface area contributed by atoms with Gasteiger partial charge in [-0.1, -0.05) is 30.3 Å². The maximum Gasteiger partial charge on any atom is 0.257 e. The van der Waals surface area contributed by atoms with Gasteiger partial charge in [0.05, 0.1) is 11.9 Å². The molecule has 1 atom stereocenters. The van der Waals surface area contributed by atoms with Crippen LogP contribution < -0.4 is 10.6 Å². The minimum atomic E-state index is -0.660. The van der Waals surface area contributed by atoms with E-state index in [1.807, 2.05) is 48.7 Å². The predicted molar refractivity (Wildman–Crippen MR) is 118 cm³/mol. The number of benzene rings is 2. The summed E-state index contributed by atoms with van der Waals surface area (Å²) in [5, 5.41) is 8.05. The zero-order valence-corrected chi connectivity index (χ0v) is 16.8. The van der Waals surface area contributed by atoms with Crippen molar-refractivity contribution >= 4 is 51.7 Å². The Kier molecular flexibility index (Phi) is 4.55. The van der Waals surface area contributed by atoms with Crippen LogP contribution in [0.3, 0.4) is 0 Å². The number of nitrogens with zero attached hydrogens (tertiary/aromatic N) is 2. The minimum Gasteiger partial charge on any atom is -0.361 e. The molecule has 4 aromatic rings. The lowest BCUT2D eigenvalue weighted by atomic mass is 10.1. The number of anilines is 1. The molecule has 0 fully saturated rings. The van der Waals surface area contributed by atoms with Crippen molar-refractivity contribution in [3.8, 4) is 0 Å². The highest BCUT2D eigenvalue weighted by atomic mass is 32.1. The molecule has 3 N–H and O–H groups in total. The van der Waals surface area contributed by atoms with Crippen molar-refractivity contribution in [1.82, 2.24) is 19.9 Å². The van der Waals surface area contributed by atoms with Crippen LogP contribution in [-0.2, 0) is 11.2 Å². The molecule has 3 heterocycles. The summed E-state index contributed by atoms with van der Waals surface area (Å²) in [7, 11) is 0. The van der Waals surface area contributed by atoms with E-state index in [0.717, 1.165) is 27.4 Å². The standard InChI is InChI=1S/C22H19N5O2S/c28-19(23-10-9-13-12-24-16-7-3-1-5-14(13)16)11-18-21(29)27-20(25-18)15-6-2-4-8-17(15)26-22(27)30/h1-8,12,18,24-25H,9-11H2,(H,23,28). The monoisotopic (exact) mass is 417 g/mol. The Balaban J connectivity index is 1.25. The van der Waals surface area contributed by atoms with Gasteiger partial charge in [-0.2, -0.15) is 0 Å². The quantitative estimate of drug-likeness (QED) is 0.433. The van der Waals surface area contributed by atoms with Gasteiger partial charge in [-0.3, -0.25) is 9.59 Å². The van der Waals surface area contributed by atoms with Crippen molar-refractivity contribution in [2.75, 3.05) is 11.9 Å². The summed E-state index contributed by atoms with van der Waals surface area (Å²) in [5.74, 6) is 0.171. The Morgan fingerprint density at radius 3 is 2.77 bits per heavy atom. The van der Waals surface area contributed by atoms with Gasteiger partial charge in [0.25, 0.3) is 5.91 Å². The highest BCUT2D eigenvalue weighted by Gasteiger charge is 2.33. The van der Waals surface area contributed by atoms with E-state index >= 15 is 0 Å². The van der Waals surface area contributed by atoms with E-state index < -0.39 is 6.04 Å². The first-order chi connectivity index (χ1) is 14.6. The summed E-state index contributed by atoms with van der Waals surface area (Å²) >= 11 is 5.29. The Labute approximate surface area is 177 Å². The fraction of sp³-hybridized carbons (Fsp3) is 0.182. The van der Waals surface area contributed by atoms with E-state index in [4.69, 9.17) is 12.2 Å². The van der Waals surface area contributed by atoms with Gasteiger partial charge in [0.15, 0.2) is 0 Å². The molecule has 0 saturated carbocycles. The average molecular weight is 417 g/mol. The van der Waals surface area contributed by atoms with Crippen LogP contribution in [0.25, 0.3) is 21.8 Å². The number of rotatable bonds is 5. The Morgan fingerprint density at radius 2 is 1.90 bits per heavy atom. The summed E-state index contributed by atoms with van der Waals surface area (Å²) in [5.41, 5.74) is 2.95. The van der Waals surface area contributed by atoms with Gasteiger partial charge in [-0.25, -0.2) is 9.55 Å². The molecule has 0 saturated heterocycles. The van der Waals surface area contributed by atoms with Gasteiger partial charge in [0, 0.05) is 29.0 Å². The van der Waals surface area contributed by atoms with E-state index in [9.17, 15) is 9.59 Å². The van der Waals surface area contributed by atoms with Gasteiger partial charge < -0.3 is 15.6 Å². The molecule has 0 aliphatic carbocycles. The number of nitrogens with one attached hydrogen (secondary N) is 3. The molecule has 30 heavy (non-hydrogen) atoms. The molecular formula is C22H19N5O2S. The van der Waals surface area contributed by atoms with E-state index in [1.165, 1.54) is 4.57 Å². The zero-order chi connectivity index (χ0) is 20.7. The first kappa shape index (κ1) is 18.5. The summed E-state index contributed by atoms with van der Waals surface area (Å²) in [6, 6.07) is 14.9. The molecule has 8 heteroatoms. The zero-order valence-electron chi connectivity index (χ0n) is 16.0. The summed E-state index contributed by atoms with van der Waals surface area (Å²) in [6.07, 6.45) is 2.72. The third kappa shape index (κ3) is 3.15. The SMILES string of the molecule is O=C(CC1Nc2c3ccccc3nc(=S)n2C1=O)NCCc1c[nH]c2ccccc12. The number of fused-ring (bicyclic) bond motifs is 4. The van der Waals surface area contributed by atoms with Crippen LogP contribution in [0.5, 0.6) is 0 Å². The molecule has 2 aromatic heterocycles. The number of H-pyrrole nitrogens is 1. The molecular weight excluding hydrogens is 398 g/mol. The second-order valence-corrected chi connectivity index (χ2v) is 7.66. The van der Waals surface area contributed by atoms with Gasteiger partial charge in [-0.05, 0) is 42.4 Å². The first-order valence-corrected chi connectivity index (χ1v) is 10.2. The molecule has 0 bridgehead atoms. The second kappa shape index (κ2) is 7.38. The molecule has 0 radical (unpaired) electrons. The number of aromatic nitrogens is 3. The minimum absolute atomic E-state index is 0.0392. The fourth-order valence-electron chi connectivity index (χ4n) is 3.94. The van der Waals surface area contributed by atoms with Crippen LogP contribution >= 0.6 is 12.2 Å². The number of hydrogen-bond acceptors (Lipinski definition) is 5. The normalized spacial score (nSPS) is 15.3. The van der Waals surface area contributed by atoms with Crippen LogP contribution in [0.1, 0.15) is 16.8 Å². The highest BCUT2D eigenvalue weighted by Crippen LogP contribution is 2.28. The molecule has 5 rings (SSSR count). The summed E-state index contributed by atoms with van der Waals surface area (Å²) in [4.78, 5) is 32.9. The van der Waals surface area contributed by atoms with Gasteiger partial charge in [0.1, 0.15) is 11.9 Å². The molecule has 150 valence electrons. The second-order valence-electron chi connectivity index (χ2n) is 7.29.